The van der Waals surface area contributed by atoms with E-state index in [2.05, 4.69) is 63.3 Å². The summed E-state index contributed by atoms with van der Waals surface area (Å²) in [5.74, 6) is 0.621. The first kappa shape index (κ1) is 15.5. The maximum Gasteiger partial charge on any atom is 0.0656 e. The van der Waals surface area contributed by atoms with Gasteiger partial charge in [-0.1, -0.05) is 58.0 Å². The Kier molecular flexibility index (Phi) is 5.22. The van der Waals surface area contributed by atoms with E-state index >= 15 is 0 Å². The molecule has 0 spiro atoms. The molecule has 1 fully saturated rings. The number of hydrogen-bond acceptors (Lipinski definition) is 2. The number of benzene rings is 1. The van der Waals surface area contributed by atoms with Crippen LogP contribution in [-0.2, 0) is 11.2 Å². The molecule has 0 amide bonds. The normalized spacial score (nSPS) is 24.6. The van der Waals surface area contributed by atoms with Gasteiger partial charge in [-0.25, -0.2) is 0 Å². The van der Waals surface area contributed by atoms with Crippen molar-refractivity contribution in [3.05, 3.63) is 35.9 Å². The van der Waals surface area contributed by atoms with E-state index in [4.69, 9.17) is 4.74 Å². The number of nitrogens with one attached hydrogen (secondary N) is 1. The van der Waals surface area contributed by atoms with Crippen molar-refractivity contribution in [2.45, 2.75) is 52.7 Å². The summed E-state index contributed by atoms with van der Waals surface area (Å²) in [5, 5.41) is 3.70. The lowest BCUT2D eigenvalue weighted by Gasteiger charge is -2.52. The first-order chi connectivity index (χ1) is 9.50. The van der Waals surface area contributed by atoms with Crippen molar-refractivity contribution in [2.24, 2.45) is 11.3 Å². The Labute approximate surface area is 123 Å². The predicted octanol–water partition coefficient (Wildman–Crippen LogP) is 3.66. The predicted molar refractivity (Wildman–Crippen MR) is 84.9 cm³/mol. The van der Waals surface area contributed by atoms with Crippen LogP contribution in [0.25, 0.3) is 0 Å². The fourth-order valence-electron chi connectivity index (χ4n) is 2.86. The molecule has 1 aromatic rings. The fraction of sp³-hybridized carbons (Fsp3) is 0.667. The van der Waals surface area contributed by atoms with E-state index in [0.29, 0.717) is 18.1 Å². The highest BCUT2D eigenvalue weighted by Crippen LogP contribution is 2.42. The Balaban J connectivity index is 1.70. The molecule has 1 aliphatic rings. The van der Waals surface area contributed by atoms with Crippen LogP contribution < -0.4 is 5.32 Å². The van der Waals surface area contributed by atoms with Gasteiger partial charge in [0, 0.05) is 18.1 Å². The molecular formula is C18H29NO. The Morgan fingerprint density at radius 3 is 2.55 bits per heavy atom. The van der Waals surface area contributed by atoms with Gasteiger partial charge >= 0.3 is 0 Å². The number of rotatable bonds is 7. The maximum absolute atomic E-state index is 6.01. The zero-order chi connectivity index (χ0) is 14.6. The number of hydrogen-bond donors (Lipinski definition) is 1. The van der Waals surface area contributed by atoms with E-state index in [1.54, 1.807) is 0 Å². The van der Waals surface area contributed by atoms with Crippen LogP contribution in [0.5, 0.6) is 0 Å². The molecule has 0 radical (unpaired) electrons. The molecule has 1 saturated carbocycles. The molecule has 0 saturated heterocycles. The van der Waals surface area contributed by atoms with Gasteiger partial charge in [0.25, 0.3) is 0 Å². The molecule has 1 N–H and O–H groups in total. The monoisotopic (exact) mass is 275 g/mol. The highest BCUT2D eigenvalue weighted by molar-refractivity contribution is 5.15. The van der Waals surface area contributed by atoms with Crippen LogP contribution in [0.3, 0.4) is 0 Å². The van der Waals surface area contributed by atoms with Gasteiger partial charge in [-0.05, 0) is 30.9 Å². The lowest BCUT2D eigenvalue weighted by molar-refractivity contribution is -0.123. The average Bonchev–Trinajstić information content (AvgIpc) is 2.42. The van der Waals surface area contributed by atoms with Crippen LogP contribution in [0.4, 0.5) is 0 Å². The standard InChI is InChI=1S/C18H29NO/c1-14(2)13-20-17-12-16(18(17,3)4)19-11-10-15-8-6-5-7-9-15/h5-9,14,16-17,19H,10-13H2,1-4H3. The molecule has 0 aromatic heterocycles. The van der Waals surface area contributed by atoms with Gasteiger partial charge in [0.15, 0.2) is 0 Å². The van der Waals surface area contributed by atoms with Gasteiger partial charge in [0.1, 0.15) is 0 Å². The second-order valence-corrected chi connectivity index (χ2v) is 7.02. The largest absolute Gasteiger partial charge is 0.377 e. The minimum absolute atomic E-state index is 0.256. The third-order valence-corrected chi connectivity index (χ3v) is 4.46. The third-order valence-electron chi connectivity index (χ3n) is 4.46. The lowest BCUT2D eigenvalue weighted by atomic mass is 9.64. The van der Waals surface area contributed by atoms with Crippen molar-refractivity contribution >= 4 is 0 Å². The molecule has 2 rings (SSSR count). The first-order valence-electron chi connectivity index (χ1n) is 7.89. The van der Waals surface area contributed by atoms with Crippen molar-refractivity contribution < 1.29 is 4.74 Å². The van der Waals surface area contributed by atoms with Gasteiger partial charge in [0.05, 0.1) is 6.10 Å². The highest BCUT2D eigenvalue weighted by Gasteiger charge is 2.48. The van der Waals surface area contributed by atoms with Crippen molar-refractivity contribution in [3.8, 4) is 0 Å². The summed E-state index contributed by atoms with van der Waals surface area (Å²) in [5.41, 5.74) is 1.66. The van der Waals surface area contributed by atoms with Crippen molar-refractivity contribution in [1.82, 2.24) is 5.32 Å². The average molecular weight is 275 g/mol. The topological polar surface area (TPSA) is 21.3 Å². The molecule has 20 heavy (non-hydrogen) atoms. The summed E-state index contributed by atoms with van der Waals surface area (Å²) >= 11 is 0. The molecule has 2 heteroatoms. The Morgan fingerprint density at radius 1 is 1.25 bits per heavy atom. The van der Waals surface area contributed by atoms with Crippen LogP contribution in [-0.4, -0.2) is 25.3 Å². The summed E-state index contributed by atoms with van der Waals surface area (Å²) in [6, 6.07) is 11.3. The fourth-order valence-corrected chi connectivity index (χ4v) is 2.86. The second-order valence-electron chi connectivity index (χ2n) is 7.02. The van der Waals surface area contributed by atoms with Crippen LogP contribution in [0, 0.1) is 11.3 Å². The smallest absolute Gasteiger partial charge is 0.0656 e. The zero-order valence-electron chi connectivity index (χ0n) is 13.4. The minimum atomic E-state index is 0.256. The summed E-state index contributed by atoms with van der Waals surface area (Å²) in [6.07, 6.45) is 2.67. The van der Waals surface area contributed by atoms with Crippen LogP contribution in [0.15, 0.2) is 30.3 Å². The van der Waals surface area contributed by atoms with Gasteiger partial charge in [-0.3, -0.25) is 0 Å². The summed E-state index contributed by atoms with van der Waals surface area (Å²) in [6.45, 7) is 11.0. The molecular weight excluding hydrogens is 246 g/mol. The minimum Gasteiger partial charge on any atom is -0.377 e. The third kappa shape index (κ3) is 3.83. The van der Waals surface area contributed by atoms with Crippen molar-refractivity contribution in [2.75, 3.05) is 13.2 Å². The molecule has 2 unspecified atom stereocenters. The second kappa shape index (κ2) is 6.73. The SMILES string of the molecule is CC(C)COC1CC(NCCc2ccccc2)C1(C)C. The maximum atomic E-state index is 6.01. The van der Waals surface area contributed by atoms with Gasteiger partial charge in [-0.2, -0.15) is 0 Å². The quantitative estimate of drug-likeness (QED) is 0.820. The van der Waals surface area contributed by atoms with E-state index in [0.717, 1.165) is 26.0 Å². The van der Waals surface area contributed by atoms with Crippen molar-refractivity contribution in [1.29, 1.82) is 0 Å². The summed E-state index contributed by atoms with van der Waals surface area (Å²) < 4.78 is 6.01. The molecule has 0 heterocycles. The summed E-state index contributed by atoms with van der Waals surface area (Å²) in [7, 11) is 0. The summed E-state index contributed by atoms with van der Waals surface area (Å²) in [4.78, 5) is 0. The van der Waals surface area contributed by atoms with Crippen LogP contribution in [0.1, 0.15) is 39.7 Å². The van der Waals surface area contributed by atoms with Crippen LogP contribution in [0.2, 0.25) is 0 Å². The molecule has 0 aliphatic heterocycles. The van der Waals surface area contributed by atoms with Gasteiger partial charge in [-0.15, -0.1) is 0 Å². The van der Waals surface area contributed by atoms with Gasteiger partial charge in [0.2, 0.25) is 0 Å². The Hall–Kier alpha value is -0.860. The van der Waals surface area contributed by atoms with E-state index in [-0.39, 0.29) is 5.41 Å². The first-order valence-corrected chi connectivity index (χ1v) is 7.89. The molecule has 0 bridgehead atoms. The van der Waals surface area contributed by atoms with Crippen molar-refractivity contribution in [3.63, 3.8) is 0 Å². The van der Waals surface area contributed by atoms with E-state index < -0.39 is 0 Å². The van der Waals surface area contributed by atoms with Gasteiger partial charge < -0.3 is 10.1 Å². The van der Waals surface area contributed by atoms with E-state index in [1.807, 2.05) is 0 Å². The van der Waals surface area contributed by atoms with Crippen LogP contribution >= 0.6 is 0 Å². The zero-order valence-corrected chi connectivity index (χ0v) is 13.4. The molecule has 2 nitrogen and oxygen atoms in total. The molecule has 1 aliphatic carbocycles. The Bertz CT molecular complexity index is 399. The highest BCUT2D eigenvalue weighted by atomic mass is 16.5. The molecule has 112 valence electrons. The molecule has 2 atom stereocenters. The van der Waals surface area contributed by atoms with E-state index in [9.17, 15) is 0 Å². The molecule has 1 aromatic carbocycles. The lowest BCUT2D eigenvalue weighted by Crippen LogP contribution is -2.61. The number of ether oxygens (including phenoxy) is 1. The Morgan fingerprint density at radius 2 is 1.95 bits per heavy atom. The van der Waals surface area contributed by atoms with E-state index in [1.165, 1.54) is 5.56 Å².